The van der Waals surface area contributed by atoms with Crippen molar-refractivity contribution in [2.45, 2.75) is 52.0 Å². The van der Waals surface area contributed by atoms with Crippen LogP contribution in [0.25, 0.3) is 0 Å². The van der Waals surface area contributed by atoms with Crippen LogP contribution in [0.2, 0.25) is 0 Å². The molecule has 0 N–H and O–H groups in total. The van der Waals surface area contributed by atoms with Gasteiger partial charge in [-0.1, -0.05) is 19.3 Å². The number of furan rings is 1. The van der Waals surface area contributed by atoms with Crippen LogP contribution in [-0.2, 0) is 11.3 Å². The number of carbonyl (C=O) groups excluding carboxylic acids is 1. The van der Waals surface area contributed by atoms with E-state index in [0.717, 1.165) is 11.5 Å². The molecule has 3 nitrogen and oxygen atoms in total. The fourth-order valence-electron chi connectivity index (χ4n) is 2.69. The topological polar surface area (TPSA) is 33.5 Å². The Balaban J connectivity index is 1.80. The Morgan fingerprint density at radius 2 is 2.06 bits per heavy atom. The van der Waals surface area contributed by atoms with Crippen LogP contribution < -0.4 is 0 Å². The molecule has 0 bridgehead atoms. The quantitative estimate of drug-likeness (QED) is 0.818. The summed E-state index contributed by atoms with van der Waals surface area (Å²) in [4.78, 5) is 13.9. The Kier molecular flexibility index (Phi) is 4.45. The van der Waals surface area contributed by atoms with E-state index in [4.69, 9.17) is 4.42 Å². The van der Waals surface area contributed by atoms with E-state index in [2.05, 4.69) is 0 Å². The third-order valence-corrected chi connectivity index (χ3v) is 3.80. The molecule has 0 aromatic carbocycles. The zero-order valence-electron chi connectivity index (χ0n) is 11.4. The summed E-state index contributed by atoms with van der Waals surface area (Å²) in [5.41, 5.74) is 0. The van der Waals surface area contributed by atoms with Crippen LogP contribution in [-0.4, -0.2) is 17.9 Å². The Morgan fingerprint density at radius 1 is 1.33 bits per heavy atom. The lowest BCUT2D eigenvalue weighted by atomic mass is 9.87. The second kappa shape index (κ2) is 6.07. The van der Waals surface area contributed by atoms with Gasteiger partial charge in [0.25, 0.3) is 0 Å². The minimum absolute atomic E-state index is 0.246. The van der Waals surface area contributed by atoms with Gasteiger partial charge < -0.3 is 9.32 Å². The van der Waals surface area contributed by atoms with Crippen LogP contribution in [0.15, 0.2) is 16.5 Å². The molecule has 1 aliphatic rings. The summed E-state index contributed by atoms with van der Waals surface area (Å²) in [6, 6.07) is 3.88. The van der Waals surface area contributed by atoms with Crippen molar-refractivity contribution in [2.24, 2.45) is 5.92 Å². The molecule has 0 radical (unpaired) electrons. The molecule has 3 heteroatoms. The number of carbonyl (C=O) groups is 1. The molecule has 1 saturated carbocycles. The largest absolute Gasteiger partial charge is 0.464 e. The molecular weight excluding hydrogens is 226 g/mol. The molecule has 2 rings (SSSR count). The fraction of sp³-hybridized carbons (Fsp3) is 0.667. The van der Waals surface area contributed by atoms with Crippen LogP contribution in [0, 0.1) is 12.8 Å². The first-order chi connectivity index (χ1) is 8.65. The van der Waals surface area contributed by atoms with Gasteiger partial charge in [0.15, 0.2) is 0 Å². The molecule has 1 aromatic heterocycles. The molecular formula is C15H23NO2. The van der Waals surface area contributed by atoms with E-state index < -0.39 is 0 Å². The van der Waals surface area contributed by atoms with Gasteiger partial charge in [-0.15, -0.1) is 0 Å². The molecule has 0 spiro atoms. The average Bonchev–Trinajstić information content (AvgIpc) is 2.76. The summed E-state index contributed by atoms with van der Waals surface area (Å²) in [6.45, 7) is 2.51. The Hall–Kier alpha value is -1.25. The highest BCUT2D eigenvalue weighted by molar-refractivity contribution is 5.76. The number of rotatable bonds is 4. The van der Waals surface area contributed by atoms with Gasteiger partial charge in [-0.3, -0.25) is 4.79 Å². The zero-order valence-corrected chi connectivity index (χ0v) is 11.4. The van der Waals surface area contributed by atoms with Gasteiger partial charge in [0.2, 0.25) is 5.91 Å². The number of hydrogen-bond acceptors (Lipinski definition) is 2. The first-order valence-corrected chi connectivity index (χ1v) is 6.94. The highest BCUT2D eigenvalue weighted by Crippen LogP contribution is 2.26. The molecule has 100 valence electrons. The third kappa shape index (κ3) is 3.62. The minimum atomic E-state index is 0.246. The van der Waals surface area contributed by atoms with Crippen LogP contribution in [0.1, 0.15) is 50.0 Å². The van der Waals surface area contributed by atoms with Gasteiger partial charge >= 0.3 is 0 Å². The molecule has 1 aliphatic carbocycles. The standard InChI is InChI=1S/C15H23NO2/c1-12-8-9-14(18-12)11-16(2)15(17)10-13-6-4-3-5-7-13/h8-9,13H,3-7,10-11H2,1-2H3. The lowest BCUT2D eigenvalue weighted by Crippen LogP contribution is -2.28. The maximum Gasteiger partial charge on any atom is 0.222 e. The van der Waals surface area contributed by atoms with Crippen LogP contribution >= 0.6 is 0 Å². The van der Waals surface area contributed by atoms with Crippen molar-refractivity contribution in [3.05, 3.63) is 23.7 Å². The molecule has 1 heterocycles. The minimum Gasteiger partial charge on any atom is -0.464 e. The predicted molar refractivity (Wildman–Crippen MR) is 71.1 cm³/mol. The molecule has 1 aromatic rings. The van der Waals surface area contributed by atoms with E-state index in [0.29, 0.717) is 18.9 Å². The van der Waals surface area contributed by atoms with Crippen molar-refractivity contribution in [1.29, 1.82) is 0 Å². The average molecular weight is 249 g/mol. The first-order valence-electron chi connectivity index (χ1n) is 6.94. The van der Waals surface area contributed by atoms with Gasteiger partial charge in [-0.2, -0.15) is 0 Å². The normalized spacial score (nSPS) is 16.8. The summed E-state index contributed by atoms with van der Waals surface area (Å²) in [7, 11) is 1.86. The van der Waals surface area contributed by atoms with Crippen LogP contribution in [0.5, 0.6) is 0 Å². The van der Waals surface area contributed by atoms with Crippen molar-refractivity contribution >= 4 is 5.91 Å². The van der Waals surface area contributed by atoms with E-state index in [1.807, 2.05) is 26.1 Å². The fourth-order valence-corrected chi connectivity index (χ4v) is 2.69. The van der Waals surface area contributed by atoms with Gasteiger partial charge in [-0.05, 0) is 37.8 Å². The van der Waals surface area contributed by atoms with Gasteiger partial charge in [-0.25, -0.2) is 0 Å². The lowest BCUT2D eigenvalue weighted by molar-refractivity contribution is -0.131. The molecule has 0 saturated heterocycles. The molecule has 1 fully saturated rings. The van der Waals surface area contributed by atoms with Crippen molar-refractivity contribution in [2.75, 3.05) is 7.05 Å². The second-order valence-corrected chi connectivity index (χ2v) is 5.47. The summed E-state index contributed by atoms with van der Waals surface area (Å²) in [6.07, 6.45) is 7.07. The maximum absolute atomic E-state index is 12.1. The van der Waals surface area contributed by atoms with Gasteiger partial charge in [0.1, 0.15) is 11.5 Å². The second-order valence-electron chi connectivity index (χ2n) is 5.47. The number of aryl methyl sites for hydroxylation is 1. The molecule has 0 aliphatic heterocycles. The lowest BCUT2D eigenvalue weighted by Gasteiger charge is -2.23. The first kappa shape index (κ1) is 13.2. The molecule has 0 unspecified atom stereocenters. The van der Waals surface area contributed by atoms with Crippen molar-refractivity contribution in [3.8, 4) is 0 Å². The summed E-state index contributed by atoms with van der Waals surface area (Å²) in [5, 5.41) is 0. The highest BCUT2D eigenvalue weighted by Gasteiger charge is 2.19. The van der Waals surface area contributed by atoms with Gasteiger partial charge in [0, 0.05) is 13.5 Å². The van der Waals surface area contributed by atoms with Crippen LogP contribution in [0.4, 0.5) is 0 Å². The highest BCUT2D eigenvalue weighted by atomic mass is 16.3. The van der Waals surface area contributed by atoms with Crippen molar-refractivity contribution < 1.29 is 9.21 Å². The summed E-state index contributed by atoms with van der Waals surface area (Å²) < 4.78 is 5.50. The van der Waals surface area contributed by atoms with E-state index >= 15 is 0 Å². The van der Waals surface area contributed by atoms with Gasteiger partial charge in [0.05, 0.1) is 6.54 Å². The molecule has 18 heavy (non-hydrogen) atoms. The predicted octanol–water partition coefficient (Wildman–Crippen LogP) is 3.52. The Bertz CT molecular complexity index is 391. The molecule has 1 amide bonds. The molecule has 0 atom stereocenters. The number of nitrogens with zero attached hydrogens (tertiary/aromatic N) is 1. The third-order valence-electron chi connectivity index (χ3n) is 3.80. The van der Waals surface area contributed by atoms with E-state index in [1.165, 1.54) is 32.1 Å². The van der Waals surface area contributed by atoms with E-state index in [9.17, 15) is 4.79 Å². The monoisotopic (exact) mass is 249 g/mol. The number of amides is 1. The Labute approximate surface area is 109 Å². The Morgan fingerprint density at radius 3 is 2.67 bits per heavy atom. The summed E-state index contributed by atoms with van der Waals surface area (Å²) >= 11 is 0. The van der Waals surface area contributed by atoms with Crippen molar-refractivity contribution in [3.63, 3.8) is 0 Å². The zero-order chi connectivity index (χ0) is 13.0. The SMILES string of the molecule is Cc1ccc(CN(C)C(=O)CC2CCCCC2)o1. The maximum atomic E-state index is 12.1. The smallest absolute Gasteiger partial charge is 0.222 e. The van der Waals surface area contributed by atoms with Crippen LogP contribution in [0.3, 0.4) is 0 Å². The summed E-state index contributed by atoms with van der Waals surface area (Å²) in [5.74, 6) is 2.62. The van der Waals surface area contributed by atoms with E-state index in [-0.39, 0.29) is 5.91 Å². The number of hydrogen-bond donors (Lipinski definition) is 0. The van der Waals surface area contributed by atoms with E-state index in [1.54, 1.807) is 4.90 Å². The van der Waals surface area contributed by atoms with Crippen molar-refractivity contribution in [1.82, 2.24) is 4.90 Å².